The summed E-state index contributed by atoms with van der Waals surface area (Å²) in [6, 6.07) is 6.05. The first-order chi connectivity index (χ1) is 7.15. The van der Waals surface area contributed by atoms with E-state index >= 15 is 0 Å². The van der Waals surface area contributed by atoms with Gasteiger partial charge in [-0.2, -0.15) is 0 Å². The van der Waals surface area contributed by atoms with Crippen LogP contribution in [0.2, 0.25) is 5.02 Å². The second-order valence-electron chi connectivity index (χ2n) is 4.34. The third kappa shape index (κ3) is 2.96. The van der Waals surface area contributed by atoms with Crippen molar-refractivity contribution >= 4 is 27.5 Å². The molecule has 1 aromatic carbocycles. The van der Waals surface area contributed by atoms with Crippen molar-refractivity contribution in [2.45, 2.75) is 31.7 Å². The summed E-state index contributed by atoms with van der Waals surface area (Å²) in [6.07, 6.45) is 5.15. The second-order valence-corrected chi connectivity index (χ2v) is 5.69. The molecule has 0 heterocycles. The highest BCUT2D eigenvalue weighted by Gasteiger charge is 2.21. The van der Waals surface area contributed by atoms with E-state index in [0.29, 0.717) is 0 Å². The minimum absolute atomic E-state index is 0.130. The minimum Gasteiger partial charge on any atom is -0.324 e. The van der Waals surface area contributed by atoms with Gasteiger partial charge in [-0.1, -0.05) is 46.8 Å². The largest absolute Gasteiger partial charge is 0.324 e. The number of hydrogen-bond acceptors (Lipinski definition) is 1. The van der Waals surface area contributed by atoms with E-state index in [1.54, 1.807) is 0 Å². The molecule has 1 fully saturated rings. The van der Waals surface area contributed by atoms with Gasteiger partial charge in [-0.25, -0.2) is 0 Å². The van der Waals surface area contributed by atoms with Crippen molar-refractivity contribution in [3.8, 4) is 0 Å². The fraction of sp³-hybridized carbons (Fsp3) is 0.500. The molecule has 1 nitrogen and oxygen atoms in total. The van der Waals surface area contributed by atoms with Gasteiger partial charge < -0.3 is 5.73 Å². The summed E-state index contributed by atoms with van der Waals surface area (Å²) in [7, 11) is 0. The number of nitrogens with two attached hydrogens (primary N) is 1. The summed E-state index contributed by atoms with van der Waals surface area (Å²) < 4.78 is 1.01. The summed E-state index contributed by atoms with van der Waals surface area (Å²) in [5, 5.41) is 0.753. The second kappa shape index (κ2) is 4.86. The average Bonchev–Trinajstić information content (AvgIpc) is 2.09. The summed E-state index contributed by atoms with van der Waals surface area (Å²) in [5.41, 5.74) is 7.30. The van der Waals surface area contributed by atoms with Gasteiger partial charge in [-0.15, -0.1) is 0 Å². The summed E-state index contributed by atoms with van der Waals surface area (Å²) in [4.78, 5) is 0. The minimum atomic E-state index is 0.130. The van der Waals surface area contributed by atoms with Crippen LogP contribution in [0.4, 0.5) is 0 Å². The van der Waals surface area contributed by atoms with Gasteiger partial charge in [0.2, 0.25) is 0 Å². The molecule has 0 radical (unpaired) electrons. The van der Waals surface area contributed by atoms with Crippen LogP contribution in [0.1, 0.15) is 37.3 Å². The van der Waals surface area contributed by atoms with Gasteiger partial charge in [0.25, 0.3) is 0 Å². The Balaban J connectivity index is 2.06. The molecule has 2 rings (SSSR count). The first-order valence-corrected chi connectivity index (χ1v) is 6.54. The lowest BCUT2D eigenvalue weighted by Gasteiger charge is -2.28. The van der Waals surface area contributed by atoms with Crippen LogP contribution in [-0.2, 0) is 0 Å². The number of benzene rings is 1. The molecule has 2 N–H and O–H groups in total. The maximum absolute atomic E-state index is 6.16. The van der Waals surface area contributed by atoms with Crippen LogP contribution in [-0.4, -0.2) is 0 Å². The highest BCUT2D eigenvalue weighted by Crippen LogP contribution is 2.34. The quantitative estimate of drug-likeness (QED) is 0.882. The van der Waals surface area contributed by atoms with Crippen molar-refractivity contribution in [1.82, 2.24) is 0 Å². The zero-order chi connectivity index (χ0) is 10.8. The molecule has 82 valence electrons. The van der Waals surface area contributed by atoms with Crippen LogP contribution in [0.15, 0.2) is 22.7 Å². The predicted octanol–water partition coefficient (Wildman–Crippen LogP) is 4.29. The Hall–Kier alpha value is -0.0500. The monoisotopic (exact) mass is 287 g/mol. The van der Waals surface area contributed by atoms with Gasteiger partial charge >= 0.3 is 0 Å². The van der Waals surface area contributed by atoms with Crippen LogP contribution >= 0.6 is 27.5 Å². The van der Waals surface area contributed by atoms with Crippen LogP contribution in [0.3, 0.4) is 0 Å². The lowest BCUT2D eigenvalue weighted by atomic mass is 9.80. The molecule has 0 aliphatic heterocycles. The molecule has 1 saturated carbocycles. The molecule has 0 bridgehead atoms. The molecule has 3 heteroatoms. The van der Waals surface area contributed by atoms with E-state index in [4.69, 9.17) is 17.3 Å². The van der Waals surface area contributed by atoms with E-state index in [1.165, 1.54) is 19.3 Å². The molecule has 1 atom stereocenters. The van der Waals surface area contributed by atoms with Gasteiger partial charge in [0.15, 0.2) is 0 Å². The third-order valence-electron chi connectivity index (χ3n) is 3.13. The molecule has 1 aliphatic rings. The van der Waals surface area contributed by atoms with Crippen molar-refractivity contribution in [3.05, 3.63) is 33.3 Å². The average molecular weight is 289 g/mol. The Morgan fingerprint density at radius 2 is 2.13 bits per heavy atom. The molecule has 1 aromatic rings. The van der Waals surface area contributed by atoms with Crippen LogP contribution in [0.25, 0.3) is 0 Å². The third-order valence-corrected chi connectivity index (χ3v) is 3.80. The zero-order valence-electron chi connectivity index (χ0n) is 8.55. The Labute approximate surface area is 104 Å². The van der Waals surface area contributed by atoms with Crippen LogP contribution in [0, 0.1) is 5.92 Å². The lowest BCUT2D eigenvalue weighted by Crippen LogP contribution is -2.20. The van der Waals surface area contributed by atoms with Crippen molar-refractivity contribution in [1.29, 1.82) is 0 Å². The van der Waals surface area contributed by atoms with Crippen molar-refractivity contribution in [3.63, 3.8) is 0 Å². The van der Waals surface area contributed by atoms with E-state index in [2.05, 4.69) is 22.0 Å². The fourth-order valence-corrected chi connectivity index (χ4v) is 2.90. The molecule has 1 unspecified atom stereocenters. The Morgan fingerprint density at radius 3 is 2.67 bits per heavy atom. The SMILES string of the molecule is NC(CC1CCC1)c1cc(Cl)cc(Br)c1. The van der Waals surface area contributed by atoms with E-state index in [-0.39, 0.29) is 6.04 Å². The Morgan fingerprint density at radius 1 is 1.40 bits per heavy atom. The van der Waals surface area contributed by atoms with Gasteiger partial charge in [0, 0.05) is 15.5 Å². The number of hydrogen-bond donors (Lipinski definition) is 1. The smallest absolute Gasteiger partial charge is 0.0420 e. The van der Waals surface area contributed by atoms with Gasteiger partial charge in [0.05, 0.1) is 0 Å². The number of halogens is 2. The highest BCUT2D eigenvalue weighted by molar-refractivity contribution is 9.10. The number of rotatable bonds is 3. The van der Waals surface area contributed by atoms with E-state index < -0.39 is 0 Å². The van der Waals surface area contributed by atoms with Crippen molar-refractivity contribution in [2.75, 3.05) is 0 Å². The molecular weight excluding hydrogens is 273 g/mol. The molecule has 1 aliphatic carbocycles. The summed E-state index contributed by atoms with van der Waals surface area (Å²) in [6.45, 7) is 0. The molecule has 15 heavy (non-hydrogen) atoms. The van der Waals surface area contributed by atoms with Gasteiger partial charge in [-0.3, -0.25) is 0 Å². The zero-order valence-corrected chi connectivity index (χ0v) is 10.9. The standard InChI is InChI=1S/C12H15BrClN/c13-10-5-9(6-11(14)7-10)12(15)4-8-2-1-3-8/h5-8,12H,1-4,15H2. The normalized spacial score (nSPS) is 18.6. The summed E-state index contributed by atoms with van der Waals surface area (Å²) in [5.74, 6) is 0.831. The first kappa shape index (κ1) is 11.4. The highest BCUT2D eigenvalue weighted by atomic mass is 79.9. The van der Waals surface area contributed by atoms with Crippen LogP contribution in [0.5, 0.6) is 0 Å². The first-order valence-electron chi connectivity index (χ1n) is 5.37. The van der Waals surface area contributed by atoms with E-state index in [1.807, 2.05) is 12.1 Å². The van der Waals surface area contributed by atoms with Crippen LogP contribution < -0.4 is 5.73 Å². The molecule has 0 amide bonds. The maximum Gasteiger partial charge on any atom is 0.0420 e. The van der Waals surface area contributed by atoms with E-state index in [9.17, 15) is 0 Å². The lowest BCUT2D eigenvalue weighted by molar-refractivity contribution is 0.277. The molecular formula is C12H15BrClN. The fourth-order valence-electron chi connectivity index (χ4n) is 2.01. The molecule has 0 aromatic heterocycles. The maximum atomic E-state index is 6.16. The van der Waals surface area contributed by atoms with Gasteiger partial charge in [0.1, 0.15) is 0 Å². The molecule has 0 saturated heterocycles. The molecule has 0 spiro atoms. The van der Waals surface area contributed by atoms with Gasteiger partial charge in [-0.05, 0) is 36.1 Å². The predicted molar refractivity (Wildman–Crippen MR) is 68.0 cm³/mol. The van der Waals surface area contributed by atoms with Crippen molar-refractivity contribution in [2.24, 2.45) is 11.7 Å². The Bertz CT molecular complexity index is 329. The van der Waals surface area contributed by atoms with E-state index in [0.717, 1.165) is 27.4 Å². The summed E-state index contributed by atoms with van der Waals surface area (Å²) >= 11 is 9.43. The van der Waals surface area contributed by atoms with Crippen molar-refractivity contribution < 1.29 is 0 Å². The Kier molecular flexibility index (Phi) is 3.70. The topological polar surface area (TPSA) is 26.0 Å².